The van der Waals surface area contributed by atoms with E-state index in [4.69, 9.17) is 0 Å². The van der Waals surface area contributed by atoms with Crippen LogP contribution in [0.25, 0.3) is 0 Å². The Morgan fingerprint density at radius 3 is 2.21 bits per heavy atom. The van der Waals surface area contributed by atoms with E-state index in [1.165, 1.54) is 0 Å². The van der Waals surface area contributed by atoms with E-state index in [0.717, 1.165) is 17.7 Å². The molecule has 0 aromatic heterocycles. The van der Waals surface area contributed by atoms with Crippen molar-refractivity contribution < 1.29 is 19.5 Å². The summed E-state index contributed by atoms with van der Waals surface area (Å²) in [4.78, 5) is 37.6. The van der Waals surface area contributed by atoms with Gasteiger partial charge in [0.25, 0.3) is 0 Å². The number of carbonyl (C=O) groups is 3. The molecule has 2 amide bonds. The molecule has 0 heterocycles. The Hall–Kier alpha value is -3.15. The Morgan fingerprint density at radius 2 is 1.68 bits per heavy atom. The Labute approximate surface area is 164 Å². The first-order valence-corrected chi connectivity index (χ1v) is 9.33. The largest absolute Gasteiger partial charge is 0.481 e. The van der Waals surface area contributed by atoms with E-state index in [1.54, 1.807) is 36.2 Å². The molecule has 1 aliphatic rings. The van der Waals surface area contributed by atoms with Gasteiger partial charge in [-0.15, -0.1) is 0 Å². The molecule has 2 N–H and O–H groups in total. The van der Waals surface area contributed by atoms with Crippen molar-refractivity contribution in [1.29, 1.82) is 0 Å². The lowest BCUT2D eigenvalue weighted by Gasteiger charge is -2.36. The number of hydrogen-bond acceptors (Lipinski definition) is 3. The van der Waals surface area contributed by atoms with Gasteiger partial charge in [-0.05, 0) is 42.7 Å². The van der Waals surface area contributed by atoms with Crippen LogP contribution in [0.15, 0.2) is 54.6 Å². The molecular weight excluding hydrogens is 356 g/mol. The molecule has 3 rings (SSSR count). The van der Waals surface area contributed by atoms with E-state index < -0.39 is 11.4 Å². The number of carboxylic acids is 1. The summed E-state index contributed by atoms with van der Waals surface area (Å²) in [6.45, 7) is 0. The fraction of sp³-hybridized carbons (Fsp3) is 0.318. The first kappa shape index (κ1) is 19.6. The number of amides is 2. The standard InChI is InChI=1S/C22H24N2O4/c1-24(18-6-3-2-4-7-18)20(26)14-16-8-10-17(11-9-16)23-19(25)15-22(21(27)28)12-5-13-22/h2-4,6-11H,5,12-15H2,1H3,(H,23,25)(H,27,28). The van der Waals surface area contributed by atoms with Crippen LogP contribution in [0.3, 0.4) is 0 Å². The number of carbonyl (C=O) groups excluding carboxylic acids is 2. The van der Waals surface area contributed by atoms with Gasteiger partial charge in [0.1, 0.15) is 0 Å². The van der Waals surface area contributed by atoms with Crippen LogP contribution in [0, 0.1) is 5.41 Å². The number of hydrogen-bond donors (Lipinski definition) is 2. The van der Waals surface area contributed by atoms with Crippen molar-refractivity contribution in [3.63, 3.8) is 0 Å². The van der Waals surface area contributed by atoms with E-state index in [-0.39, 0.29) is 24.7 Å². The van der Waals surface area contributed by atoms with Gasteiger partial charge in [0.2, 0.25) is 11.8 Å². The fourth-order valence-electron chi connectivity index (χ4n) is 3.38. The van der Waals surface area contributed by atoms with Gasteiger partial charge < -0.3 is 15.3 Å². The van der Waals surface area contributed by atoms with E-state index in [0.29, 0.717) is 18.5 Å². The molecule has 0 unspecified atom stereocenters. The zero-order valence-electron chi connectivity index (χ0n) is 15.9. The third-order valence-corrected chi connectivity index (χ3v) is 5.37. The van der Waals surface area contributed by atoms with Gasteiger partial charge in [-0.3, -0.25) is 14.4 Å². The zero-order chi connectivity index (χ0) is 20.1. The minimum Gasteiger partial charge on any atom is -0.481 e. The molecule has 2 aromatic rings. The first-order chi connectivity index (χ1) is 13.4. The molecule has 0 saturated heterocycles. The summed E-state index contributed by atoms with van der Waals surface area (Å²) in [5.74, 6) is -1.23. The Kier molecular flexibility index (Phi) is 5.78. The third-order valence-electron chi connectivity index (χ3n) is 5.37. The predicted octanol–water partition coefficient (Wildman–Crippen LogP) is 3.48. The third kappa shape index (κ3) is 4.39. The van der Waals surface area contributed by atoms with Gasteiger partial charge in [0, 0.05) is 24.8 Å². The van der Waals surface area contributed by atoms with Crippen LogP contribution in [-0.2, 0) is 20.8 Å². The molecule has 0 aliphatic heterocycles. The molecule has 2 aromatic carbocycles. The van der Waals surface area contributed by atoms with E-state index in [2.05, 4.69) is 5.32 Å². The molecule has 1 fully saturated rings. The number of carboxylic acid groups (broad SMARTS) is 1. The molecule has 0 atom stereocenters. The van der Waals surface area contributed by atoms with Crippen LogP contribution in [0.1, 0.15) is 31.2 Å². The smallest absolute Gasteiger partial charge is 0.310 e. The molecule has 0 spiro atoms. The van der Waals surface area contributed by atoms with Crippen molar-refractivity contribution >= 4 is 29.2 Å². The SMILES string of the molecule is CN(C(=O)Cc1ccc(NC(=O)CC2(C(=O)O)CCC2)cc1)c1ccccc1. The molecule has 0 bridgehead atoms. The summed E-state index contributed by atoms with van der Waals surface area (Å²) in [6.07, 6.45) is 2.18. The maximum Gasteiger partial charge on any atom is 0.310 e. The van der Waals surface area contributed by atoms with Gasteiger partial charge in [-0.1, -0.05) is 36.8 Å². The highest BCUT2D eigenvalue weighted by Crippen LogP contribution is 2.44. The highest BCUT2D eigenvalue weighted by Gasteiger charge is 2.45. The predicted molar refractivity (Wildman–Crippen MR) is 107 cm³/mol. The number of anilines is 2. The van der Waals surface area contributed by atoms with Crippen molar-refractivity contribution in [2.75, 3.05) is 17.3 Å². The molecule has 0 radical (unpaired) electrons. The summed E-state index contributed by atoms with van der Waals surface area (Å²) >= 11 is 0. The van der Waals surface area contributed by atoms with Gasteiger partial charge in [-0.2, -0.15) is 0 Å². The van der Waals surface area contributed by atoms with E-state index in [9.17, 15) is 19.5 Å². The molecule has 6 nitrogen and oxygen atoms in total. The van der Waals surface area contributed by atoms with Gasteiger partial charge in [-0.25, -0.2) is 0 Å². The number of benzene rings is 2. The quantitative estimate of drug-likeness (QED) is 0.770. The van der Waals surface area contributed by atoms with Gasteiger partial charge >= 0.3 is 5.97 Å². The highest BCUT2D eigenvalue weighted by atomic mass is 16.4. The number of rotatable bonds is 7. The summed E-state index contributed by atoms with van der Waals surface area (Å²) < 4.78 is 0. The van der Waals surface area contributed by atoms with E-state index >= 15 is 0 Å². The molecule has 1 aliphatic carbocycles. The van der Waals surface area contributed by atoms with Crippen LogP contribution in [-0.4, -0.2) is 29.9 Å². The second-order valence-electron chi connectivity index (χ2n) is 7.33. The second-order valence-corrected chi connectivity index (χ2v) is 7.33. The maximum atomic E-state index is 12.4. The number of likely N-dealkylation sites (N-methyl/N-ethyl adjacent to an activating group) is 1. The minimum absolute atomic E-state index is 0.00948. The summed E-state index contributed by atoms with van der Waals surface area (Å²) in [6, 6.07) is 16.5. The number of aliphatic carboxylic acids is 1. The lowest BCUT2D eigenvalue weighted by atomic mass is 9.66. The first-order valence-electron chi connectivity index (χ1n) is 9.33. The average Bonchev–Trinajstić information content (AvgIpc) is 2.66. The summed E-state index contributed by atoms with van der Waals surface area (Å²) in [5, 5.41) is 12.1. The topological polar surface area (TPSA) is 86.7 Å². The van der Waals surface area contributed by atoms with Gasteiger partial charge in [0.15, 0.2) is 0 Å². The molecule has 146 valence electrons. The summed E-state index contributed by atoms with van der Waals surface area (Å²) in [5.41, 5.74) is 1.36. The molecule has 6 heteroatoms. The average molecular weight is 380 g/mol. The Morgan fingerprint density at radius 1 is 1.04 bits per heavy atom. The minimum atomic E-state index is -0.904. The molecule has 1 saturated carbocycles. The highest BCUT2D eigenvalue weighted by molar-refractivity contribution is 5.95. The number of nitrogens with zero attached hydrogens (tertiary/aromatic N) is 1. The van der Waals surface area contributed by atoms with Crippen LogP contribution >= 0.6 is 0 Å². The normalized spacial score (nSPS) is 14.6. The van der Waals surface area contributed by atoms with E-state index in [1.807, 2.05) is 30.3 Å². The van der Waals surface area contributed by atoms with Crippen molar-refractivity contribution in [3.05, 3.63) is 60.2 Å². The van der Waals surface area contributed by atoms with Crippen molar-refractivity contribution in [1.82, 2.24) is 0 Å². The molecular formula is C22H24N2O4. The Bertz CT molecular complexity index is 858. The van der Waals surface area contributed by atoms with Crippen molar-refractivity contribution in [2.45, 2.75) is 32.1 Å². The summed E-state index contributed by atoms with van der Waals surface area (Å²) in [7, 11) is 1.74. The lowest BCUT2D eigenvalue weighted by molar-refractivity contribution is -0.157. The fourth-order valence-corrected chi connectivity index (χ4v) is 3.38. The van der Waals surface area contributed by atoms with Crippen molar-refractivity contribution in [3.8, 4) is 0 Å². The van der Waals surface area contributed by atoms with Crippen LogP contribution in [0.5, 0.6) is 0 Å². The number of nitrogens with one attached hydrogen (secondary N) is 1. The van der Waals surface area contributed by atoms with Crippen LogP contribution in [0.2, 0.25) is 0 Å². The van der Waals surface area contributed by atoms with Crippen LogP contribution in [0.4, 0.5) is 11.4 Å². The zero-order valence-corrected chi connectivity index (χ0v) is 15.9. The van der Waals surface area contributed by atoms with Gasteiger partial charge in [0.05, 0.1) is 11.8 Å². The maximum absolute atomic E-state index is 12.4. The Balaban J connectivity index is 1.55. The van der Waals surface area contributed by atoms with Crippen LogP contribution < -0.4 is 10.2 Å². The monoisotopic (exact) mass is 380 g/mol. The van der Waals surface area contributed by atoms with Crippen molar-refractivity contribution in [2.24, 2.45) is 5.41 Å². The second kappa shape index (κ2) is 8.25. The molecule has 28 heavy (non-hydrogen) atoms. The lowest BCUT2D eigenvalue weighted by Crippen LogP contribution is -2.41. The number of para-hydroxylation sites is 1.